The molecule has 0 spiro atoms. The number of benzene rings is 3. The van der Waals surface area contributed by atoms with Gasteiger partial charge in [-0.2, -0.15) is 0 Å². The van der Waals surface area contributed by atoms with E-state index in [1.165, 1.54) is 0 Å². The second kappa shape index (κ2) is 11.9. The summed E-state index contributed by atoms with van der Waals surface area (Å²) < 4.78 is 0. The van der Waals surface area contributed by atoms with Gasteiger partial charge in [-0.05, 0) is 65.8 Å². The molecule has 0 radical (unpaired) electrons. The summed E-state index contributed by atoms with van der Waals surface area (Å²) in [6.45, 7) is 7.50. The maximum Gasteiger partial charge on any atom is 0.241 e. The van der Waals surface area contributed by atoms with E-state index in [9.17, 15) is 15.0 Å². The maximum atomic E-state index is 12.8. The zero-order chi connectivity index (χ0) is 23.1. The number of nitrogens with one attached hydrogen (secondary N) is 1. The minimum atomic E-state index is -0.767. The van der Waals surface area contributed by atoms with Crippen LogP contribution in [0.1, 0.15) is 16.7 Å². The lowest BCUT2D eigenvalue weighted by atomic mass is 9.96. The molecule has 0 saturated heterocycles. The fraction of sp³-hybridized carbons (Fsp3) is 0.148. The van der Waals surface area contributed by atoms with Crippen LogP contribution in [0, 0.1) is 0 Å². The third kappa shape index (κ3) is 6.48. The number of hydrogen-bond donors (Lipinski definition) is 4. The predicted octanol–water partition coefficient (Wildman–Crippen LogP) is 5.15. The van der Waals surface area contributed by atoms with Crippen LogP contribution in [0.15, 0.2) is 86.0 Å². The number of phenolic OH excluding ortho intramolecular Hbond substituents is 2. The average molecular weight is 465 g/mol. The highest BCUT2D eigenvalue weighted by molar-refractivity contribution is 5.97. The molecule has 0 heterocycles. The Bertz CT molecular complexity index is 1130. The van der Waals surface area contributed by atoms with Crippen LogP contribution in [-0.2, 0) is 24.1 Å². The topological polar surface area (TPSA) is 95.6 Å². The number of aromatic hydroxyl groups is 2. The summed E-state index contributed by atoms with van der Waals surface area (Å²) in [5.74, 6) is -0.284. The molecule has 0 aliphatic heterocycles. The Balaban J connectivity index is 0.00000385. The maximum absolute atomic E-state index is 12.8. The van der Waals surface area contributed by atoms with Crippen LogP contribution >= 0.6 is 12.4 Å². The van der Waals surface area contributed by atoms with Crippen LogP contribution in [0.3, 0.4) is 0 Å². The number of hydrogen-bond acceptors (Lipinski definition) is 4. The van der Waals surface area contributed by atoms with Gasteiger partial charge in [0, 0.05) is 5.56 Å². The molecule has 0 bridgehead atoms. The van der Waals surface area contributed by atoms with E-state index < -0.39 is 6.04 Å². The zero-order valence-corrected chi connectivity index (χ0v) is 19.1. The number of halogens is 1. The lowest BCUT2D eigenvalue weighted by Gasteiger charge is -2.17. The molecular weight excluding hydrogens is 436 g/mol. The van der Waals surface area contributed by atoms with Gasteiger partial charge in [0.2, 0.25) is 5.91 Å². The number of carbonyl (C=O) groups is 1. The number of rotatable bonds is 9. The van der Waals surface area contributed by atoms with Crippen LogP contribution in [0.25, 0.3) is 11.1 Å². The van der Waals surface area contributed by atoms with Crippen molar-refractivity contribution in [1.29, 1.82) is 0 Å². The predicted molar refractivity (Wildman–Crippen MR) is 137 cm³/mol. The van der Waals surface area contributed by atoms with E-state index in [1.807, 2.05) is 36.4 Å². The molecular formula is C27H29ClN2O3. The van der Waals surface area contributed by atoms with Crippen molar-refractivity contribution in [3.63, 3.8) is 0 Å². The number of phenols is 2. The summed E-state index contributed by atoms with van der Waals surface area (Å²) in [6.07, 6.45) is 4.89. The highest BCUT2D eigenvalue weighted by atomic mass is 35.5. The molecule has 0 fully saturated rings. The van der Waals surface area contributed by atoms with Gasteiger partial charge in [0.05, 0.1) is 11.7 Å². The Morgan fingerprint density at radius 1 is 0.970 bits per heavy atom. The number of anilines is 1. The summed E-state index contributed by atoms with van der Waals surface area (Å²) in [5, 5.41) is 23.8. The Morgan fingerprint density at radius 3 is 2.33 bits per heavy atom. The van der Waals surface area contributed by atoms with Crippen molar-refractivity contribution in [2.45, 2.75) is 25.3 Å². The largest absolute Gasteiger partial charge is 0.508 e. The van der Waals surface area contributed by atoms with Gasteiger partial charge in [0.1, 0.15) is 11.5 Å². The van der Waals surface area contributed by atoms with Gasteiger partial charge < -0.3 is 21.3 Å². The van der Waals surface area contributed by atoms with Crippen LogP contribution < -0.4 is 11.1 Å². The van der Waals surface area contributed by atoms with Crippen LogP contribution in [0.5, 0.6) is 11.5 Å². The fourth-order valence-electron chi connectivity index (χ4n) is 3.55. The molecule has 172 valence electrons. The van der Waals surface area contributed by atoms with Crippen LogP contribution in [-0.4, -0.2) is 22.2 Å². The highest BCUT2D eigenvalue weighted by Gasteiger charge is 2.19. The van der Waals surface area contributed by atoms with Gasteiger partial charge in [-0.1, -0.05) is 48.6 Å². The van der Waals surface area contributed by atoms with E-state index in [4.69, 9.17) is 5.73 Å². The van der Waals surface area contributed by atoms with E-state index in [0.717, 1.165) is 11.1 Å². The summed E-state index contributed by atoms with van der Waals surface area (Å²) in [6, 6.07) is 17.4. The van der Waals surface area contributed by atoms with Crippen molar-refractivity contribution < 1.29 is 15.0 Å². The van der Waals surface area contributed by atoms with Crippen molar-refractivity contribution in [1.82, 2.24) is 0 Å². The second-order valence-electron chi connectivity index (χ2n) is 7.65. The molecule has 1 atom stereocenters. The van der Waals surface area contributed by atoms with E-state index in [1.54, 1.807) is 36.4 Å². The first-order valence-electron chi connectivity index (χ1n) is 10.4. The molecule has 0 saturated carbocycles. The Morgan fingerprint density at radius 2 is 1.67 bits per heavy atom. The average Bonchev–Trinajstić information content (AvgIpc) is 2.78. The van der Waals surface area contributed by atoms with Crippen molar-refractivity contribution in [3.05, 3.63) is 103 Å². The van der Waals surface area contributed by atoms with Crippen LogP contribution in [0.4, 0.5) is 5.69 Å². The third-order valence-electron chi connectivity index (χ3n) is 5.20. The fourth-order valence-corrected chi connectivity index (χ4v) is 3.55. The summed E-state index contributed by atoms with van der Waals surface area (Å²) in [4.78, 5) is 12.8. The number of amides is 1. The van der Waals surface area contributed by atoms with Gasteiger partial charge in [0.25, 0.3) is 0 Å². The third-order valence-corrected chi connectivity index (χ3v) is 5.20. The van der Waals surface area contributed by atoms with Gasteiger partial charge >= 0.3 is 0 Å². The number of allylic oxidation sites excluding steroid dienone is 2. The quantitative estimate of drug-likeness (QED) is 0.260. The van der Waals surface area contributed by atoms with Gasteiger partial charge in [-0.3, -0.25) is 4.79 Å². The molecule has 3 aromatic carbocycles. The van der Waals surface area contributed by atoms with E-state index in [0.29, 0.717) is 36.0 Å². The Labute approximate surface area is 200 Å². The van der Waals surface area contributed by atoms with Crippen LogP contribution in [0.2, 0.25) is 0 Å². The smallest absolute Gasteiger partial charge is 0.241 e. The molecule has 0 aliphatic rings. The van der Waals surface area contributed by atoms with E-state index >= 15 is 0 Å². The molecule has 3 rings (SSSR count). The van der Waals surface area contributed by atoms with Gasteiger partial charge in [-0.15, -0.1) is 25.6 Å². The summed E-state index contributed by atoms with van der Waals surface area (Å²) in [7, 11) is 0. The first-order chi connectivity index (χ1) is 15.4. The van der Waals surface area contributed by atoms with Crippen molar-refractivity contribution in [2.24, 2.45) is 5.73 Å². The molecule has 0 aliphatic carbocycles. The van der Waals surface area contributed by atoms with Gasteiger partial charge in [0.15, 0.2) is 0 Å². The van der Waals surface area contributed by atoms with Gasteiger partial charge in [-0.25, -0.2) is 0 Å². The summed E-state index contributed by atoms with van der Waals surface area (Å²) >= 11 is 0. The van der Waals surface area contributed by atoms with E-state index in [-0.39, 0.29) is 35.5 Å². The normalized spacial score (nSPS) is 11.2. The van der Waals surface area contributed by atoms with E-state index in [2.05, 4.69) is 18.5 Å². The highest BCUT2D eigenvalue weighted by Crippen LogP contribution is 2.38. The monoisotopic (exact) mass is 464 g/mol. The molecule has 33 heavy (non-hydrogen) atoms. The first-order valence-corrected chi connectivity index (χ1v) is 10.4. The molecule has 1 amide bonds. The molecule has 0 unspecified atom stereocenters. The molecule has 0 aromatic heterocycles. The van der Waals surface area contributed by atoms with Crippen molar-refractivity contribution in [3.8, 4) is 22.6 Å². The SMILES string of the molecule is C=CCc1cc(NC(=O)[C@@H](N)Cc2ccccc2)c(O)c(-c2ccc(O)c(CC=C)c2)c1.Cl. The van der Waals surface area contributed by atoms with Crippen molar-refractivity contribution in [2.75, 3.05) is 5.32 Å². The zero-order valence-electron chi connectivity index (χ0n) is 18.3. The minimum Gasteiger partial charge on any atom is -0.508 e. The number of nitrogens with two attached hydrogens (primary N) is 1. The van der Waals surface area contributed by atoms with Crippen molar-refractivity contribution >= 4 is 24.0 Å². The lowest BCUT2D eigenvalue weighted by Crippen LogP contribution is -2.37. The molecule has 3 aromatic rings. The molecule has 5 N–H and O–H groups in total. The first kappa shape index (κ1) is 25.7. The Hall–Kier alpha value is -3.54. The lowest BCUT2D eigenvalue weighted by molar-refractivity contribution is -0.117. The molecule has 5 nitrogen and oxygen atoms in total. The number of carbonyl (C=O) groups excluding carboxylic acids is 1. The second-order valence-corrected chi connectivity index (χ2v) is 7.65. The Kier molecular flexibility index (Phi) is 9.28. The molecule has 6 heteroatoms. The standard InChI is InChI=1S/C27H28N2O3.ClH/c1-3-8-19-14-22(20-12-13-25(30)21(17-20)9-4-2)26(31)24(16-19)29-27(32)23(28)15-18-10-6-5-7-11-18;/h3-7,10-14,16-17,23,30-31H,1-2,8-9,15,28H2,(H,29,32);1H/t23-;/m0./s1. The summed E-state index contributed by atoms with van der Waals surface area (Å²) in [5.41, 5.74) is 10.2. The minimum absolute atomic E-state index is 0.